The van der Waals surface area contributed by atoms with E-state index in [1.165, 1.54) is 5.56 Å². The summed E-state index contributed by atoms with van der Waals surface area (Å²) in [6.45, 7) is 8.64. The van der Waals surface area contributed by atoms with Crippen LogP contribution in [0.5, 0.6) is 0 Å². The van der Waals surface area contributed by atoms with Gasteiger partial charge in [0.2, 0.25) is 0 Å². The van der Waals surface area contributed by atoms with Crippen LogP contribution in [-0.2, 0) is 17.9 Å². The molecule has 0 bridgehead atoms. The molecule has 20 heavy (non-hydrogen) atoms. The average molecular weight is 277 g/mol. The van der Waals surface area contributed by atoms with E-state index in [2.05, 4.69) is 30.9 Å². The summed E-state index contributed by atoms with van der Waals surface area (Å²) in [5, 5.41) is 9.04. The molecule has 3 heteroatoms. The van der Waals surface area contributed by atoms with Gasteiger partial charge in [-0.15, -0.1) is 0 Å². The number of aliphatic hydroxyl groups excluding tert-OH is 1. The molecule has 0 spiro atoms. The van der Waals surface area contributed by atoms with Crippen molar-refractivity contribution in [3.63, 3.8) is 0 Å². The highest BCUT2D eigenvalue weighted by Gasteiger charge is 2.19. The first-order valence-corrected chi connectivity index (χ1v) is 7.70. The Hall–Kier alpha value is -0.900. The summed E-state index contributed by atoms with van der Waals surface area (Å²) in [6.07, 6.45) is 2.73. The van der Waals surface area contributed by atoms with Crippen molar-refractivity contribution in [1.82, 2.24) is 4.90 Å². The molecule has 3 nitrogen and oxygen atoms in total. The minimum atomic E-state index is 0.124. The molecule has 0 saturated carbocycles. The maximum absolute atomic E-state index is 9.04. The minimum Gasteiger partial charge on any atom is -0.392 e. The second-order valence-electron chi connectivity index (χ2n) is 6.18. The van der Waals surface area contributed by atoms with Crippen LogP contribution in [0.25, 0.3) is 0 Å². The smallest absolute Gasteiger partial charge is 0.0681 e. The zero-order chi connectivity index (χ0) is 14.4. The summed E-state index contributed by atoms with van der Waals surface area (Å²) in [5.41, 5.74) is 2.30. The molecule has 2 rings (SSSR count). The molecule has 1 aliphatic heterocycles. The minimum absolute atomic E-state index is 0.124. The Bertz CT molecular complexity index is 380. The fourth-order valence-electron chi connectivity index (χ4n) is 2.57. The molecule has 1 saturated heterocycles. The molecule has 0 radical (unpaired) electrons. The van der Waals surface area contributed by atoms with Gasteiger partial charge in [-0.05, 0) is 29.9 Å². The third-order valence-corrected chi connectivity index (χ3v) is 3.81. The van der Waals surface area contributed by atoms with Crippen LogP contribution < -0.4 is 0 Å². The zero-order valence-electron chi connectivity index (χ0n) is 12.7. The van der Waals surface area contributed by atoms with E-state index in [1.807, 2.05) is 12.1 Å². The second kappa shape index (κ2) is 7.77. The number of hydrogen-bond acceptors (Lipinski definition) is 3. The highest BCUT2D eigenvalue weighted by molar-refractivity contribution is 5.21. The predicted molar refractivity (Wildman–Crippen MR) is 81.5 cm³/mol. The van der Waals surface area contributed by atoms with Crippen molar-refractivity contribution in [3.8, 4) is 0 Å². The van der Waals surface area contributed by atoms with Crippen molar-refractivity contribution < 1.29 is 9.84 Å². The van der Waals surface area contributed by atoms with Gasteiger partial charge in [0, 0.05) is 26.2 Å². The van der Waals surface area contributed by atoms with Crippen LogP contribution in [0, 0.1) is 5.92 Å². The van der Waals surface area contributed by atoms with E-state index in [0.717, 1.165) is 44.6 Å². The van der Waals surface area contributed by atoms with Crippen LogP contribution >= 0.6 is 0 Å². The first kappa shape index (κ1) is 15.5. The van der Waals surface area contributed by atoms with E-state index in [-0.39, 0.29) is 6.61 Å². The molecule has 1 aliphatic rings. The van der Waals surface area contributed by atoms with Crippen LogP contribution in [0.4, 0.5) is 0 Å². The summed E-state index contributed by atoms with van der Waals surface area (Å²) >= 11 is 0. The number of nitrogens with zero attached hydrogens (tertiary/aromatic N) is 1. The van der Waals surface area contributed by atoms with Crippen molar-refractivity contribution in [2.24, 2.45) is 5.92 Å². The van der Waals surface area contributed by atoms with Gasteiger partial charge >= 0.3 is 0 Å². The predicted octanol–water partition coefficient (Wildman–Crippen LogP) is 2.82. The van der Waals surface area contributed by atoms with Gasteiger partial charge in [0.05, 0.1) is 12.7 Å². The number of piperidine rings is 1. The fourth-order valence-corrected chi connectivity index (χ4v) is 2.57. The molecule has 1 heterocycles. The normalized spacial score (nSPS) is 17.8. The van der Waals surface area contributed by atoms with E-state index in [4.69, 9.17) is 9.84 Å². The Balaban J connectivity index is 1.73. The maximum atomic E-state index is 9.04. The molecule has 1 fully saturated rings. The van der Waals surface area contributed by atoms with Gasteiger partial charge in [-0.1, -0.05) is 38.1 Å². The summed E-state index contributed by atoms with van der Waals surface area (Å²) < 4.78 is 5.92. The first-order valence-electron chi connectivity index (χ1n) is 7.70. The molecule has 0 aromatic heterocycles. The van der Waals surface area contributed by atoms with Gasteiger partial charge in [0.15, 0.2) is 0 Å². The molecule has 1 N–H and O–H groups in total. The third-order valence-electron chi connectivity index (χ3n) is 3.81. The molecule has 0 unspecified atom stereocenters. The lowest BCUT2D eigenvalue weighted by Crippen LogP contribution is -2.37. The van der Waals surface area contributed by atoms with Gasteiger partial charge in [-0.25, -0.2) is 0 Å². The first-order chi connectivity index (χ1) is 9.67. The highest BCUT2D eigenvalue weighted by Crippen LogP contribution is 2.17. The van der Waals surface area contributed by atoms with Crippen molar-refractivity contribution in [2.45, 2.75) is 45.9 Å². The number of rotatable bonds is 6. The number of benzene rings is 1. The highest BCUT2D eigenvalue weighted by atomic mass is 16.5. The Morgan fingerprint density at radius 1 is 1.15 bits per heavy atom. The summed E-state index contributed by atoms with van der Waals surface area (Å²) in [6, 6.07) is 8.25. The molecule has 1 aromatic rings. The molecular weight excluding hydrogens is 250 g/mol. The average Bonchev–Trinajstić information content (AvgIpc) is 2.47. The van der Waals surface area contributed by atoms with Crippen molar-refractivity contribution >= 4 is 0 Å². The van der Waals surface area contributed by atoms with Crippen LogP contribution in [-0.4, -0.2) is 35.8 Å². The van der Waals surface area contributed by atoms with Crippen molar-refractivity contribution in [2.75, 3.05) is 19.7 Å². The standard InChI is InChI=1S/C17H27NO2/c1-14(2)13-20-17-7-9-18(10-8-17)11-15-3-5-16(12-19)6-4-15/h3-6,14,17,19H,7-13H2,1-2H3. The van der Waals surface area contributed by atoms with E-state index < -0.39 is 0 Å². The van der Waals surface area contributed by atoms with Crippen LogP contribution in [0.3, 0.4) is 0 Å². The molecule has 0 aliphatic carbocycles. The van der Waals surface area contributed by atoms with Crippen LogP contribution in [0.1, 0.15) is 37.8 Å². The molecule has 0 amide bonds. The lowest BCUT2D eigenvalue weighted by Gasteiger charge is -2.32. The summed E-state index contributed by atoms with van der Waals surface area (Å²) in [5.74, 6) is 0.623. The maximum Gasteiger partial charge on any atom is 0.0681 e. The molecule has 1 aromatic carbocycles. The quantitative estimate of drug-likeness (QED) is 0.868. The Morgan fingerprint density at radius 2 is 1.75 bits per heavy atom. The summed E-state index contributed by atoms with van der Waals surface area (Å²) in [7, 11) is 0. The Kier molecular flexibility index (Phi) is 6.02. The van der Waals surface area contributed by atoms with E-state index >= 15 is 0 Å². The number of aliphatic hydroxyl groups is 1. The Labute approximate surface area is 122 Å². The van der Waals surface area contributed by atoms with Crippen LogP contribution in [0.2, 0.25) is 0 Å². The largest absolute Gasteiger partial charge is 0.392 e. The number of hydrogen-bond donors (Lipinski definition) is 1. The lowest BCUT2D eigenvalue weighted by molar-refractivity contribution is -0.00584. The van der Waals surface area contributed by atoms with Gasteiger partial charge in [0.1, 0.15) is 0 Å². The summed E-state index contributed by atoms with van der Waals surface area (Å²) in [4.78, 5) is 2.49. The Morgan fingerprint density at radius 3 is 2.30 bits per heavy atom. The van der Waals surface area contributed by atoms with E-state index in [9.17, 15) is 0 Å². The second-order valence-corrected chi connectivity index (χ2v) is 6.18. The zero-order valence-corrected chi connectivity index (χ0v) is 12.7. The lowest BCUT2D eigenvalue weighted by atomic mass is 10.1. The number of likely N-dealkylation sites (tertiary alicyclic amines) is 1. The SMILES string of the molecule is CC(C)COC1CCN(Cc2ccc(CO)cc2)CC1. The molecule has 112 valence electrons. The van der Waals surface area contributed by atoms with Gasteiger partial charge < -0.3 is 9.84 Å². The molecule has 0 atom stereocenters. The number of ether oxygens (including phenoxy) is 1. The monoisotopic (exact) mass is 277 g/mol. The van der Waals surface area contributed by atoms with Crippen molar-refractivity contribution in [1.29, 1.82) is 0 Å². The topological polar surface area (TPSA) is 32.7 Å². The van der Waals surface area contributed by atoms with Crippen LogP contribution in [0.15, 0.2) is 24.3 Å². The van der Waals surface area contributed by atoms with Gasteiger partial charge in [-0.2, -0.15) is 0 Å². The van der Waals surface area contributed by atoms with Gasteiger partial charge in [0.25, 0.3) is 0 Å². The molecular formula is C17H27NO2. The van der Waals surface area contributed by atoms with Crippen molar-refractivity contribution in [3.05, 3.63) is 35.4 Å². The fraction of sp³-hybridized carbons (Fsp3) is 0.647. The third kappa shape index (κ3) is 4.89. The van der Waals surface area contributed by atoms with Gasteiger partial charge in [-0.3, -0.25) is 4.90 Å². The van der Waals surface area contributed by atoms with E-state index in [0.29, 0.717) is 12.0 Å². The van der Waals surface area contributed by atoms with E-state index in [1.54, 1.807) is 0 Å².